The summed E-state index contributed by atoms with van der Waals surface area (Å²) in [6.45, 7) is 3.95. The minimum Gasteiger partial charge on any atom is -0.508 e. The Labute approximate surface area is 141 Å². The van der Waals surface area contributed by atoms with E-state index < -0.39 is 5.91 Å². The van der Waals surface area contributed by atoms with Gasteiger partial charge in [-0.3, -0.25) is 4.79 Å². The highest BCUT2D eigenvalue weighted by molar-refractivity contribution is 7.15. The number of aryl methyl sites for hydroxylation is 2. The van der Waals surface area contributed by atoms with Gasteiger partial charge in [-0.2, -0.15) is 0 Å². The maximum absolute atomic E-state index is 11.3. The molecular formula is C16H15N3O2S2. The highest BCUT2D eigenvalue weighted by atomic mass is 32.1. The van der Waals surface area contributed by atoms with Crippen molar-refractivity contribution < 1.29 is 9.90 Å². The van der Waals surface area contributed by atoms with Crippen LogP contribution in [0.15, 0.2) is 23.6 Å². The number of benzene rings is 1. The minimum atomic E-state index is -0.512. The van der Waals surface area contributed by atoms with Crippen LogP contribution >= 0.6 is 22.7 Å². The molecule has 0 radical (unpaired) electrons. The summed E-state index contributed by atoms with van der Waals surface area (Å²) in [5, 5.41) is 13.8. The number of aromatic hydroxyl groups is 1. The molecule has 0 saturated carbocycles. The molecule has 5 nitrogen and oxygen atoms in total. The summed E-state index contributed by atoms with van der Waals surface area (Å²) in [5.74, 6) is -0.376. The third-order valence-corrected chi connectivity index (χ3v) is 5.34. The average Bonchev–Trinajstić information content (AvgIpc) is 3.07. The van der Waals surface area contributed by atoms with Crippen molar-refractivity contribution in [3.8, 4) is 16.3 Å². The van der Waals surface area contributed by atoms with E-state index in [-0.39, 0.29) is 5.75 Å². The Morgan fingerprint density at radius 2 is 2.09 bits per heavy atom. The molecule has 0 aliphatic heterocycles. The van der Waals surface area contributed by atoms with Gasteiger partial charge >= 0.3 is 0 Å². The van der Waals surface area contributed by atoms with E-state index in [0.717, 1.165) is 26.3 Å². The molecule has 0 aliphatic rings. The van der Waals surface area contributed by atoms with Crippen LogP contribution < -0.4 is 5.73 Å². The van der Waals surface area contributed by atoms with Crippen LogP contribution in [0.1, 0.15) is 31.6 Å². The molecule has 3 N–H and O–H groups in total. The zero-order valence-electron chi connectivity index (χ0n) is 12.7. The van der Waals surface area contributed by atoms with Crippen molar-refractivity contribution in [1.29, 1.82) is 0 Å². The van der Waals surface area contributed by atoms with Crippen LogP contribution in [0.5, 0.6) is 5.75 Å². The summed E-state index contributed by atoms with van der Waals surface area (Å²) >= 11 is 3.14. The Hall–Kier alpha value is -2.25. The highest BCUT2D eigenvalue weighted by Crippen LogP contribution is 2.32. The Bertz CT molecular complexity index is 883. The predicted octanol–water partition coefficient (Wildman–Crippen LogP) is 3.28. The second kappa shape index (κ2) is 6.10. The number of nitrogens with zero attached hydrogens (tertiary/aromatic N) is 2. The second-order valence-corrected chi connectivity index (χ2v) is 7.30. The summed E-state index contributed by atoms with van der Waals surface area (Å²) in [6.07, 6.45) is 0.453. The van der Waals surface area contributed by atoms with E-state index >= 15 is 0 Å². The Morgan fingerprint density at radius 3 is 2.74 bits per heavy atom. The second-order valence-electron chi connectivity index (χ2n) is 5.16. The lowest BCUT2D eigenvalue weighted by molar-refractivity contribution is 0.1000. The molecule has 0 aliphatic carbocycles. The summed E-state index contributed by atoms with van der Waals surface area (Å²) in [5.41, 5.74) is 8.18. The number of nitrogens with two attached hydrogens (primary N) is 1. The van der Waals surface area contributed by atoms with Gasteiger partial charge in [0.2, 0.25) is 5.91 Å². The molecule has 0 saturated heterocycles. The molecule has 23 heavy (non-hydrogen) atoms. The number of phenols is 1. The van der Waals surface area contributed by atoms with Gasteiger partial charge in [-0.15, -0.1) is 22.7 Å². The van der Waals surface area contributed by atoms with Gasteiger partial charge in [-0.05, 0) is 32.0 Å². The molecular weight excluding hydrogens is 330 g/mol. The first kappa shape index (κ1) is 15.6. The number of rotatable bonds is 4. The maximum Gasteiger partial charge on any atom is 0.248 e. The minimum absolute atomic E-state index is 0.136. The van der Waals surface area contributed by atoms with Gasteiger partial charge in [-0.1, -0.05) is 0 Å². The van der Waals surface area contributed by atoms with E-state index in [1.165, 1.54) is 23.5 Å². The Morgan fingerprint density at radius 1 is 1.30 bits per heavy atom. The first-order valence-electron chi connectivity index (χ1n) is 6.94. The lowest BCUT2D eigenvalue weighted by Crippen LogP contribution is -2.11. The molecule has 2 heterocycles. The Balaban J connectivity index is 1.89. The SMILES string of the molecule is Cc1nc(C)c(-c2csc(Cc3cc(C(N)=O)ccc3O)n2)s1. The summed E-state index contributed by atoms with van der Waals surface area (Å²) in [4.78, 5) is 21.4. The lowest BCUT2D eigenvalue weighted by atomic mass is 10.1. The molecule has 3 rings (SSSR count). The van der Waals surface area contributed by atoms with Crippen molar-refractivity contribution >= 4 is 28.6 Å². The summed E-state index contributed by atoms with van der Waals surface area (Å²) < 4.78 is 0. The van der Waals surface area contributed by atoms with Crippen molar-refractivity contribution in [2.24, 2.45) is 5.73 Å². The first-order chi connectivity index (χ1) is 10.9. The van der Waals surface area contributed by atoms with E-state index in [9.17, 15) is 9.90 Å². The number of hydrogen-bond donors (Lipinski definition) is 2. The average molecular weight is 345 g/mol. The lowest BCUT2D eigenvalue weighted by Gasteiger charge is -2.04. The topological polar surface area (TPSA) is 89.1 Å². The third kappa shape index (κ3) is 3.25. The summed E-state index contributed by atoms with van der Waals surface area (Å²) in [6, 6.07) is 4.61. The molecule has 0 atom stereocenters. The van der Waals surface area contributed by atoms with Crippen molar-refractivity contribution in [3.05, 3.63) is 50.4 Å². The fourth-order valence-electron chi connectivity index (χ4n) is 2.31. The number of thiazole rings is 2. The maximum atomic E-state index is 11.3. The van der Waals surface area contributed by atoms with Crippen LogP contribution in [0.3, 0.4) is 0 Å². The van der Waals surface area contributed by atoms with Crippen LogP contribution in [0.4, 0.5) is 0 Å². The molecule has 3 aromatic rings. The van der Waals surface area contributed by atoms with Gasteiger partial charge in [0.25, 0.3) is 0 Å². The fraction of sp³-hybridized carbons (Fsp3) is 0.188. The normalized spacial score (nSPS) is 10.9. The van der Waals surface area contributed by atoms with Gasteiger partial charge < -0.3 is 10.8 Å². The van der Waals surface area contributed by atoms with E-state index in [1.807, 2.05) is 19.2 Å². The van der Waals surface area contributed by atoms with Gasteiger partial charge in [0, 0.05) is 22.9 Å². The molecule has 0 fully saturated rings. The highest BCUT2D eigenvalue weighted by Gasteiger charge is 2.13. The largest absolute Gasteiger partial charge is 0.508 e. The number of carbonyl (C=O) groups is 1. The molecule has 118 valence electrons. The van der Waals surface area contributed by atoms with E-state index in [1.54, 1.807) is 17.4 Å². The number of phenolic OH excluding ortho intramolecular Hbond substituents is 1. The Kier molecular flexibility index (Phi) is 4.14. The fourth-order valence-corrected chi connectivity index (χ4v) is 4.07. The molecule has 0 spiro atoms. The van der Waals surface area contributed by atoms with Crippen molar-refractivity contribution in [1.82, 2.24) is 9.97 Å². The molecule has 0 bridgehead atoms. The zero-order chi connectivity index (χ0) is 16.6. The van der Waals surface area contributed by atoms with Gasteiger partial charge in [0.1, 0.15) is 5.75 Å². The van der Waals surface area contributed by atoms with Gasteiger partial charge in [0.05, 0.1) is 26.3 Å². The number of amides is 1. The number of aromatic nitrogens is 2. The van der Waals surface area contributed by atoms with Crippen LogP contribution in [-0.2, 0) is 6.42 Å². The predicted molar refractivity (Wildman–Crippen MR) is 92.1 cm³/mol. The number of primary amides is 1. The van der Waals surface area contributed by atoms with Crippen LogP contribution in [0, 0.1) is 13.8 Å². The smallest absolute Gasteiger partial charge is 0.248 e. The zero-order valence-corrected chi connectivity index (χ0v) is 14.3. The third-order valence-electron chi connectivity index (χ3n) is 3.39. The van der Waals surface area contributed by atoms with Gasteiger partial charge in [-0.25, -0.2) is 9.97 Å². The monoisotopic (exact) mass is 345 g/mol. The van der Waals surface area contributed by atoms with Crippen molar-refractivity contribution in [2.45, 2.75) is 20.3 Å². The van der Waals surface area contributed by atoms with E-state index in [2.05, 4.69) is 9.97 Å². The van der Waals surface area contributed by atoms with Crippen molar-refractivity contribution in [3.63, 3.8) is 0 Å². The van der Waals surface area contributed by atoms with E-state index in [4.69, 9.17) is 5.73 Å². The van der Waals surface area contributed by atoms with Crippen LogP contribution in [0.2, 0.25) is 0 Å². The molecule has 7 heteroatoms. The number of hydrogen-bond acceptors (Lipinski definition) is 6. The molecule has 1 aromatic carbocycles. The van der Waals surface area contributed by atoms with Crippen LogP contribution in [-0.4, -0.2) is 21.0 Å². The standard InChI is InChI=1S/C16H15N3O2S2/c1-8-15(23-9(2)18-8)12-7-22-14(19-12)6-11-5-10(16(17)21)3-4-13(11)20/h3-5,7,20H,6H2,1-2H3,(H2,17,21). The van der Waals surface area contributed by atoms with Gasteiger partial charge in [0.15, 0.2) is 0 Å². The first-order valence-corrected chi connectivity index (χ1v) is 8.64. The molecule has 1 amide bonds. The quantitative estimate of drug-likeness (QED) is 0.759. The number of carbonyl (C=O) groups excluding carboxylic acids is 1. The molecule has 2 aromatic heterocycles. The van der Waals surface area contributed by atoms with E-state index in [0.29, 0.717) is 17.5 Å². The van der Waals surface area contributed by atoms with Crippen molar-refractivity contribution in [2.75, 3.05) is 0 Å². The summed E-state index contributed by atoms with van der Waals surface area (Å²) in [7, 11) is 0. The molecule has 0 unspecified atom stereocenters. The van der Waals surface area contributed by atoms with Crippen LogP contribution in [0.25, 0.3) is 10.6 Å².